The number of hydrogen-bond acceptors (Lipinski definition) is 5. The third kappa shape index (κ3) is 3.32. The molecule has 3 N–H and O–H groups in total. The molecule has 166 valence electrons. The number of benzene rings is 1. The van der Waals surface area contributed by atoms with Gasteiger partial charge in [0.2, 0.25) is 0 Å². The van der Waals surface area contributed by atoms with Crippen LogP contribution in [0.5, 0.6) is 0 Å². The number of aromatic amines is 1. The number of amides is 1. The highest BCUT2D eigenvalue weighted by molar-refractivity contribution is 5.98. The molecule has 0 bridgehead atoms. The SMILES string of the molecule is O=C(O)c1ccc(C2(Nc3cnn4c3CN(C(=O)c3cc5ccccc5[nH]3)CC4)CC2)nc1. The number of carbonyl (C=O) groups is 2. The van der Waals surface area contributed by atoms with Crippen molar-refractivity contribution < 1.29 is 14.7 Å². The molecule has 33 heavy (non-hydrogen) atoms. The van der Waals surface area contributed by atoms with Gasteiger partial charge in [0.25, 0.3) is 5.91 Å². The number of carboxylic acids is 1. The summed E-state index contributed by atoms with van der Waals surface area (Å²) < 4.78 is 1.94. The quantitative estimate of drug-likeness (QED) is 0.437. The number of carbonyl (C=O) groups excluding carboxylic acids is 1. The fraction of sp³-hybridized carbons (Fsp3) is 0.250. The lowest BCUT2D eigenvalue weighted by Crippen LogP contribution is -2.39. The second kappa shape index (κ2) is 7.19. The summed E-state index contributed by atoms with van der Waals surface area (Å²) in [5, 5.41) is 18.2. The molecule has 2 aliphatic rings. The van der Waals surface area contributed by atoms with Crippen molar-refractivity contribution in [3.8, 4) is 0 Å². The van der Waals surface area contributed by atoms with Crippen molar-refractivity contribution in [3.63, 3.8) is 0 Å². The molecule has 0 unspecified atom stereocenters. The monoisotopic (exact) mass is 442 g/mol. The van der Waals surface area contributed by atoms with E-state index in [9.17, 15) is 9.59 Å². The Balaban J connectivity index is 1.23. The predicted molar refractivity (Wildman–Crippen MR) is 121 cm³/mol. The van der Waals surface area contributed by atoms with E-state index >= 15 is 0 Å². The molecule has 0 spiro atoms. The van der Waals surface area contributed by atoms with E-state index in [0.29, 0.717) is 25.3 Å². The van der Waals surface area contributed by atoms with Crippen molar-refractivity contribution in [2.45, 2.75) is 31.5 Å². The average molecular weight is 442 g/mol. The van der Waals surface area contributed by atoms with Crippen molar-refractivity contribution in [2.24, 2.45) is 0 Å². The minimum Gasteiger partial charge on any atom is -0.478 e. The van der Waals surface area contributed by atoms with E-state index in [4.69, 9.17) is 5.11 Å². The van der Waals surface area contributed by atoms with Gasteiger partial charge in [-0.3, -0.25) is 14.5 Å². The number of fused-ring (bicyclic) bond motifs is 2. The average Bonchev–Trinajstić information content (AvgIpc) is 3.32. The largest absolute Gasteiger partial charge is 0.478 e. The molecule has 4 aromatic rings. The number of anilines is 1. The van der Waals surface area contributed by atoms with E-state index in [2.05, 4.69) is 20.4 Å². The summed E-state index contributed by atoms with van der Waals surface area (Å²) in [5.41, 5.74) is 4.02. The number of H-pyrrole nitrogens is 1. The van der Waals surface area contributed by atoms with E-state index < -0.39 is 5.97 Å². The van der Waals surface area contributed by atoms with Gasteiger partial charge < -0.3 is 20.3 Å². The molecule has 0 atom stereocenters. The standard InChI is InChI=1S/C24H22N6O3/c31-22(18-11-15-3-1-2-4-17(15)27-18)29-9-10-30-20(14-29)19(13-26-30)28-24(7-8-24)21-6-5-16(12-25-21)23(32)33/h1-6,11-13,27-28H,7-10,14H2,(H,32,33). The van der Waals surface area contributed by atoms with Gasteiger partial charge in [-0.25, -0.2) is 4.79 Å². The summed E-state index contributed by atoms with van der Waals surface area (Å²) in [6, 6.07) is 13.1. The molecule has 4 heterocycles. The number of para-hydroxylation sites is 1. The van der Waals surface area contributed by atoms with Crippen molar-refractivity contribution >= 4 is 28.5 Å². The van der Waals surface area contributed by atoms with Crippen LogP contribution in [0, 0.1) is 0 Å². The second-order valence-corrected chi connectivity index (χ2v) is 8.67. The summed E-state index contributed by atoms with van der Waals surface area (Å²) in [7, 11) is 0. The van der Waals surface area contributed by atoms with E-state index in [1.807, 2.05) is 39.9 Å². The summed E-state index contributed by atoms with van der Waals surface area (Å²) in [6.07, 6.45) is 5.00. The first-order valence-electron chi connectivity index (χ1n) is 10.9. The van der Waals surface area contributed by atoms with Gasteiger partial charge in [0.05, 0.1) is 47.5 Å². The fourth-order valence-corrected chi connectivity index (χ4v) is 4.51. The van der Waals surface area contributed by atoms with E-state index in [1.54, 1.807) is 18.3 Å². The number of hydrogen-bond donors (Lipinski definition) is 3. The van der Waals surface area contributed by atoms with Gasteiger partial charge in [-0.2, -0.15) is 5.10 Å². The third-order valence-corrected chi connectivity index (χ3v) is 6.54. The molecular weight excluding hydrogens is 420 g/mol. The molecule has 0 radical (unpaired) electrons. The molecule has 1 aromatic carbocycles. The number of carboxylic acid groups (broad SMARTS) is 1. The molecule has 0 saturated heterocycles. The van der Waals surface area contributed by atoms with Crippen LogP contribution in [0.1, 0.15) is 45.1 Å². The predicted octanol–water partition coefficient (Wildman–Crippen LogP) is 3.21. The number of pyridine rings is 1. The van der Waals surface area contributed by atoms with Gasteiger partial charge in [-0.05, 0) is 37.1 Å². The van der Waals surface area contributed by atoms with Gasteiger partial charge in [0, 0.05) is 23.6 Å². The van der Waals surface area contributed by atoms with Crippen LogP contribution in [0.15, 0.2) is 54.9 Å². The highest BCUT2D eigenvalue weighted by Gasteiger charge is 2.46. The first-order chi connectivity index (χ1) is 16.0. The maximum absolute atomic E-state index is 13.2. The van der Waals surface area contributed by atoms with Gasteiger partial charge >= 0.3 is 5.97 Å². The molecule has 3 aromatic heterocycles. The Morgan fingerprint density at radius 1 is 1.09 bits per heavy atom. The molecule has 1 fully saturated rings. The molecule has 1 aliphatic heterocycles. The first kappa shape index (κ1) is 19.5. The minimum atomic E-state index is -0.989. The van der Waals surface area contributed by atoms with Gasteiger partial charge in [0.1, 0.15) is 5.69 Å². The number of nitrogens with zero attached hydrogens (tertiary/aromatic N) is 4. The summed E-state index contributed by atoms with van der Waals surface area (Å²) in [6.45, 7) is 1.67. The van der Waals surface area contributed by atoms with Crippen molar-refractivity contribution in [3.05, 3.63) is 77.5 Å². The lowest BCUT2D eigenvalue weighted by atomic mass is 10.1. The Labute approximate surface area is 189 Å². The Kier molecular flexibility index (Phi) is 4.26. The lowest BCUT2D eigenvalue weighted by molar-refractivity contribution is 0.0690. The van der Waals surface area contributed by atoms with Crippen molar-refractivity contribution in [1.82, 2.24) is 24.6 Å². The Morgan fingerprint density at radius 3 is 2.67 bits per heavy atom. The molecular formula is C24H22N6O3. The maximum Gasteiger partial charge on any atom is 0.337 e. The molecule has 6 rings (SSSR count). The molecule has 1 saturated carbocycles. The van der Waals surface area contributed by atoms with Crippen molar-refractivity contribution in [1.29, 1.82) is 0 Å². The fourth-order valence-electron chi connectivity index (χ4n) is 4.51. The summed E-state index contributed by atoms with van der Waals surface area (Å²) in [5.74, 6) is -1.02. The Morgan fingerprint density at radius 2 is 1.94 bits per heavy atom. The van der Waals surface area contributed by atoms with Gasteiger partial charge in [-0.1, -0.05) is 18.2 Å². The van der Waals surface area contributed by atoms with Gasteiger partial charge in [-0.15, -0.1) is 0 Å². The van der Waals surface area contributed by atoms with Crippen LogP contribution in [0.4, 0.5) is 5.69 Å². The Hall–Kier alpha value is -4.14. The third-order valence-electron chi connectivity index (χ3n) is 6.54. The van der Waals surface area contributed by atoms with E-state index in [-0.39, 0.29) is 17.0 Å². The summed E-state index contributed by atoms with van der Waals surface area (Å²) >= 11 is 0. The smallest absolute Gasteiger partial charge is 0.337 e. The highest BCUT2D eigenvalue weighted by atomic mass is 16.4. The maximum atomic E-state index is 13.2. The Bertz CT molecular complexity index is 1350. The van der Waals surface area contributed by atoms with Crippen LogP contribution in [-0.2, 0) is 18.6 Å². The van der Waals surface area contributed by atoms with Crippen LogP contribution < -0.4 is 5.32 Å². The number of aromatic carboxylic acids is 1. The topological polar surface area (TPSA) is 116 Å². The van der Waals surface area contributed by atoms with Crippen LogP contribution in [-0.4, -0.2) is 48.2 Å². The summed E-state index contributed by atoms with van der Waals surface area (Å²) in [4.78, 5) is 33.8. The van der Waals surface area contributed by atoms with Crippen LogP contribution >= 0.6 is 0 Å². The van der Waals surface area contributed by atoms with E-state index in [0.717, 1.165) is 40.8 Å². The second-order valence-electron chi connectivity index (χ2n) is 8.67. The minimum absolute atomic E-state index is 0.0309. The molecule has 1 aliphatic carbocycles. The normalized spacial score (nSPS) is 16.4. The zero-order valence-electron chi connectivity index (χ0n) is 17.8. The molecule has 9 heteroatoms. The first-order valence-corrected chi connectivity index (χ1v) is 10.9. The zero-order chi connectivity index (χ0) is 22.6. The van der Waals surface area contributed by atoms with Crippen LogP contribution in [0.2, 0.25) is 0 Å². The number of rotatable bonds is 5. The van der Waals surface area contributed by atoms with E-state index in [1.165, 1.54) is 6.20 Å². The van der Waals surface area contributed by atoms with Crippen molar-refractivity contribution in [2.75, 3.05) is 11.9 Å². The number of nitrogens with one attached hydrogen (secondary N) is 2. The highest BCUT2D eigenvalue weighted by Crippen LogP contribution is 2.48. The van der Waals surface area contributed by atoms with Crippen LogP contribution in [0.3, 0.4) is 0 Å². The molecule has 1 amide bonds. The zero-order valence-corrected chi connectivity index (χ0v) is 17.8. The molecule has 9 nitrogen and oxygen atoms in total. The van der Waals surface area contributed by atoms with Crippen LogP contribution in [0.25, 0.3) is 10.9 Å². The lowest BCUT2D eigenvalue weighted by Gasteiger charge is -2.29. The van der Waals surface area contributed by atoms with Gasteiger partial charge in [0.15, 0.2) is 0 Å². The number of aromatic nitrogens is 4.